The second kappa shape index (κ2) is 5.17. The number of hydrogen-bond donors (Lipinski definition) is 1. The summed E-state index contributed by atoms with van der Waals surface area (Å²) in [6.45, 7) is 2.60. The third-order valence-electron chi connectivity index (χ3n) is 2.98. The molecule has 0 saturated heterocycles. The summed E-state index contributed by atoms with van der Waals surface area (Å²) < 4.78 is 5.47. The Hall–Kier alpha value is -1.58. The Balaban J connectivity index is 2.25. The minimum atomic E-state index is -0.960. The topological polar surface area (TPSA) is 59.4 Å². The standard InChI is InChI=1S/C13H17NO3/c1-2-3-7-17-12-10(13(15)16)8-9-5-4-6-11(9)14-12/h8H,2-7H2,1H3,(H,15,16). The predicted octanol–water partition coefficient (Wildman–Crippen LogP) is 2.45. The van der Waals surface area contributed by atoms with E-state index in [4.69, 9.17) is 9.84 Å². The van der Waals surface area contributed by atoms with Crippen LogP contribution in [0.25, 0.3) is 0 Å². The largest absolute Gasteiger partial charge is 0.477 e. The van der Waals surface area contributed by atoms with Gasteiger partial charge in [0.05, 0.1) is 6.61 Å². The van der Waals surface area contributed by atoms with E-state index >= 15 is 0 Å². The Bertz CT molecular complexity index is 429. The van der Waals surface area contributed by atoms with Crippen LogP contribution in [0.3, 0.4) is 0 Å². The van der Waals surface area contributed by atoms with Crippen LogP contribution in [0.5, 0.6) is 5.88 Å². The van der Waals surface area contributed by atoms with Crippen molar-refractivity contribution in [1.82, 2.24) is 4.98 Å². The maximum Gasteiger partial charge on any atom is 0.341 e. The van der Waals surface area contributed by atoms with E-state index in [0.717, 1.165) is 43.4 Å². The van der Waals surface area contributed by atoms with Crippen molar-refractivity contribution < 1.29 is 14.6 Å². The number of hydrogen-bond acceptors (Lipinski definition) is 3. The van der Waals surface area contributed by atoms with Crippen LogP contribution in [0, 0.1) is 0 Å². The van der Waals surface area contributed by atoms with E-state index in [1.54, 1.807) is 6.07 Å². The van der Waals surface area contributed by atoms with Gasteiger partial charge >= 0.3 is 5.97 Å². The molecule has 0 fully saturated rings. The number of carboxylic acid groups (broad SMARTS) is 1. The number of unbranched alkanes of at least 4 members (excludes halogenated alkanes) is 1. The maximum absolute atomic E-state index is 11.1. The number of ether oxygens (including phenoxy) is 1. The van der Waals surface area contributed by atoms with E-state index in [9.17, 15) is 4.79 Å². The minimum absolute atomic E-state index is 0.196. The van der Waals surface area contributed by atoms with Crippen LogP contribution in [-0.4, -0.2) is 22.7 Å². The van der Waals surface area contributed by atoms with Crippen molar-refractivity contribution in [2.45, 2.75) is 39.0 Å². The van der Waals surface area contributed by atoms with E-state index in [2.05, 4.69) is 11.9 Å². The fraction of sp³-hybridized carbons (Fsp3) is 0.538. The highest BCUT2D eigenvalue weighted by molar-refractivity contribution is 5.90. The molecule has 1 heterocycles. The normalized spacial score (nSPS) is 13.5. The predicted molar refractivity (Wildman–Crippen MR) is 63.6 cm³/mol. The smallest absolute Gasteiger partial charge is 0.341 e. The van der Waals surface area contributed by atoms with Gasteiger partial charge in [-0.25, -0.2) is 9.78 Å². The highest BCUT2D eigenvalue weighted by Crippen LogP contribution is 2.26. The molecule has 0 spiro atoms. The van der Waals surface area contributed by atoms with Gasteiger partial charge in [0.2, 0.25) is 5.88 Å². The number of aromatic nitrogens is 1. The van der Waals surface area contributed by atoms with Gasteiger partial charge in [-0.15, -0.1) is 0 Å². The molecule has 1 aromatic heterocycles. The first-order chi connectivity index (χ1) is 8.22. The number of carbonyl (C=O) groups is 1. The first-order valence-electron chi connectivity index (χ1n) is 6.11. The minimum Gasteiger partial charge on any atom is -0.477 e. The molecule has 0 aliphatic heterocycles. The van der Waals surface area contributed by atoms with Gasteiger partial charge in [-0.05, 0) is 37.3 Å². The van der Waals surface area contributed by atoms with Gasteiger partial charge in [-0.1, -0.05) is 13.3 Å². The van der Waals surface area contributed by atoms with E-state index in [-0.39, 0.29) is 11.4 Å². The molecule has 1 aromatic rings. The van der Waals surface area contributed by atoms with Crippen LogP contribution in [0.15, 0.2) is 6.07 Å². The Labute approximate surface area is 101 Å². The van der Waals surface area contributed by atoms with Crippen LogP contribution in [-0.2, 0) is 12.8 Å². The lowest BCUT2D eigenvalue weighted by Crippen LogP contribution is -2.08. The van der Waals surface area contributed by atoms with Crippen molar-refractivity contribution in [3.63, 3.8) is 0 Å². The zero-order valence-corrected chi connectivity index (χ0v) is 10.0. The monoisotopic (exact) mass is 235 g/mol. The Morgan fingerprint density at radius 1 is 1.53 bits per heavy atom. The SMILES string of the molecule is CCCCOc1nc2c(cc1C(=O)O)CCC2. The van der Waals surface area contributed by atoms with Crippen molar-refractivity contribution in [3.8, 4) is 5.88 Å². The van der Waals surface area contributed by atoms with Crippen molar-refractivity contribution >= 4 is 5.97 Å². The molecule has 4 heteroatoms. The molecule has 2 rings (SSSR count). The lowest BCUT2D eigenvalue weighted by molar-refractivity contribution is 0.0691. The van der Waals surface area contributed by atoms with Gasteiger partial charge in [-0.3, -0.25) is 0 Å². The quantitative estimate of drug-likeness (QED) is 0.796. The average Bonchev–Trinajstić information content (AvgIpc) is 2.75. The molecule has 0 unspecified atom stereocenters. The fourth-order valence-electron chi connectivity index (χ4n) is 2.03. The Morgan fingerprint density at radius 3 is 3.06 bits per heavy atom. The first kappa shape index (κ1) is 11.9. The van der Waals surface area contributed by atoms with E-state index in [1.165, 1.54) is 0 Å². The highest BCUT2D eigenvalue weighted by atomic mass is 16.5. The van der Waals surface area contributed by atoms with Crippen molar-refractivity contribution in [2.24, 2.45) is 0 Å². The highest BCUT2D eigenvalue weighted by Gasteiger charge is 2.20. The fourth-order valence-corrected chi connectivity index (χ4v) is 2.03. The van der Waals surface area contributed by atoms with Gasteiger partial charge in [0, 0.05) is 5.69 Å². The van der Waals surface area contributed by atoms with Gasteiger partial charge in [0.25, 0.3) is 0 Å². The number of aromatic carboxylic acids is 1. The molecule has 0 aromatic carbocycles. The summed E-state index contributed by atoms with van der Waals surface area (Å²) in [7, 11) is 0. The number of aryl methyl sites for hydroxylation is 2. The molecule has 1 aliphatic rings. The second-order valence-electron chi connectivity index (χ2n) is 4.31. The van der Waals surface area contributed by atoms with E-state index in [0.29, 0.717) is 6.61 Å². The van der Waals surface area contributed by atoms with Gasteiger partial charge < -0.3 is 9.84 Å². The summed E-state index contributed by atoms with van der Waals surface area (Å²) in [5, 5.41) is 9.13. The Kier molecular flexibility index (Phi) is 3.61. The molecule has 1 N–H and O–H groups in total. The van der Waals surface area contributed by atoms with Crippen LogP contribution >= 0.6 is 0 Å². The summed E-state index contributed by atoms with van der Waals surface area (Å²) in [4.78, 5) is 15.5. The molecular weight excluding hydrogens is 218 g/mol. The molecule has 0 saturated carbocycles. The summed E-state index contributed by atoms with van der Waals surface area (Å²) >= 11 is 0. The van der Waals surface area contributed by atoms with Gasteiger partial charge in [0.1, 0.15) is 5.56 Å². The molecule has 4 nitrogen and oxygen atoms in total. The second-order valence-corrected chi connectivity index (χ2v) is 4.31. The third kappa shape index (κ3) is 2.57. The van der Waals surface area contributed by atoms with Crippen molar-refractivity contribution in [1.29, 1.82) is 0 Å². The third-order valence-corrected chi connectivity index (χ3v) is 2.98. The summed E-state index contributed by atoms with van der Waals surface area (Å²) in [6, 6.07) is 1.72. The van der Waals surface area contributed by atoms with Gasteiger partial charge in [-0.2, -0.15) is 0 Å². The van der Waals surface area contributed by atoms with Crippen LogP contribution in [0.4, 0.5) is 0 Å². The molecule has 0 bridgehead atoms. The van der Waals surface area contributed by atoms with E-state index in [1.807, 2.05) is 0 Å². The van der Waals surface area contributed by atoms with Crippen molar-refractivity contribution in [2.75, 3.05) is 6.61 Å². The van der Waals surface area contributed by atoms with Crippen LogP contribution in [0.2, 0.25) is 0 Å². The lowest BCUT2D eigenvalue weighted by atomic mass is 10.1. The number of pyridine rings is 1. The molecular formula is C13H17NO3. The molecule has 0 atom stereocenters. The number of nitrogens with zero attached hydrogens (tertiary/aromatic N) is 1. The Morgan fingerprint density at radius 2 is 2.35 bits per heavy atom. The number of carboxylic acids is 1. The number of rotatable bonds is 5. The molecule has 0 amide bonds. The average molecular weight is 235 g/mol. The van der Waals surface area contributed by atoms with Crippen LogP contribution < -0.4 is 4.74 Å². The van der Waals surface area contributed by atoms with E-state index < -0.39 is 5.97 Å². The molecule has 92 valence electrons. The summed E-state index contributed by atoms with van der Waals surface area (Å²) in [6.07, 6.45) is 4.85. The summed E-state index contributed by atoms with van der Waals surface area (Å²) in [5.74, 6) is -0.676. The molecule has 1 aliphatic carbocycles. The van der Waals surface area contributed by atoms with Crippen molar-refractivity contribution in [3.05, 3.63) is 22.9 Å². The molecule has 0 radical (unpaired) electrons. The molecule has 17 heavy (non-hydrogen) atoms. The maximum atomic E-state index is 11.1. The first-order valence-corrected chi connectivity index (χ1v) is 6.11. The van der Waals surface area contributed by atoms with Crippen LogP contribution in [0.1, 0.15) is 47.8 Å². The summed E-state index contributed by atoms with van der Waals surface area (Å²) in [5.41, 5.74) is 2.26. The lowest BCUT2D eigenvalue weighted by Gasteiger charge is -2.09. The number of fused-ring (bicyclic) bond motifs is 1. The zero-order valence-electron chi connectivity index (χ0n) is 10.0. The van der Waals surface area contributed by atoms with Gasteiger partial charge in [0.15, 0.2) is 0 Å². The zero-order chi connectivity index (χ0) is 12.3.